The minimum absolute atomic E-state index is 0.0851. The molecule has 46 heavy (non-hydrogen) atoms. The quantitative estimate of drug-likeness (QED) is 0.228. The fourth-order valence-corrected chi connectivity index (χ4v) is 6.23. The molecule has 4 heterocycles. The molecule has 2 aromatic heterocycles. The number of urea groups is 1. The van der Waals surface area contributed by atoms with Gasteiger partial charge in [0.25, 0.3) is 0 Å². The molecule has 7 rings (SSSR count). The van der Waals surface area contributed by atoms with E-state index in [0.717, 1.165) is 31.2 Å². The molecular weight excluding hydrogens is 592 g/mol. The van der Waals surface area contributed by atoms with E-state index < -0.39 is 36.8 Å². The van der Waals surface area contributed by atoms with Crippen molar-refractivity contribution in [2.24, 2.45) is 0 Å². The third kappa shape index (κ3) is 6.35. The van der Waals surface area contributed by atoms with Crippen molar-refractivity contribution in [1.29, 1.82) is 0 Å². The lowest BCUT2D eigenvalue weighted by Gasteiger charge is -2.20. The molecule has 0 radical (unpaired) electrons. The second-order valence-corrected chi connectivity index (χ2v) is 11.5. The summed E-state index contributed by atoms with van der Waals surface area (Å²) < 4.78 is 26.9. The fourth-order valence-electron chi connectivity index (χ4n) is 6.23. The Morgan fingerprint density at radius 2 is 1.76 bits per heavy atom. The Balaban J connectivity index is 1.11. The van der Waals surface area contributed by atoms with E-state index in [9.17, 15) is 14.7 Å². The maximum absolute atomic E-state index is 12.7. The van der Waals surface area contributed by atoms with Gasteiger partial charge in [0.2, 0.25) is 0 Å². The number of nitrogens with zero attached hydrogens (tertiary/aromatic N) is 4. The Labute approximate surface area is 264 Å². The predicted molar refractivity (Wildman–Crippen MR) is 166 cm³/mol. The second kappa shape index (κ2) is 13.3. The van der Waals surface area contributed by atoms with Gasteiger partial charge in [-0.15, -0.1) is 0 Å². The zero-order valence-electron chi connectivity index (χ0n) is 24.9. The van der Waals surface area contributed by atoms with Crippen LogP contribution in [-0.4, -0.2) is 73.9 Å². The molecule has 3 aliphatic rings. The van der Waals surface area contributed by atoms with Crippen molar-refractivity contribution < 1.29 is 33.6 Å². The SMILES string of the molecule is O=C(Nc1ncnc2c1ncn2[C@@H]1O[C@H](COCc2ccccc2C(=O)O)C2O[C@H](C=Cc3ccccc3)O[C@@H]21)NC1CCCC1. The Morgan fingerprint density at radius 3 is 2.59 bits per heavy atom. The lowest BCUT2D eigenvalue weighted by atomic mass is 10.1. The molecule has 0 bridgehead atoms. The normalized spacial score (nSPS) is 24.5. The summed E-state index contributed by atoms with van der Waals surface area (Å²) in [6.07, 6.45) is 7.97. The highest BCUT2D eigenvalue weighted by Crippen LogP contribution is 2.41. The number of aromatic carboxylic acids is 1. The van der Waals surface area contributed by atoms with Crippen LogP contribution in [0.2, 0.25) is 0 Å². The number of ether oxygens (including phenoxy) is 4. The number of anilines is 1. The van der Waals surface area contributed by atoms with Gasteiger partial charge in [0.05, 0.1) is 25.1 Å². The summed E-state index contributed by atoms with van der Waals surface area (Å²) in [5.74, 6) is -0.728. The number of nitrogens with one attached hydrogen (secondary N) is 2. The number of amides is 2. The van der Waals surface area contributed by atoms with Crippen LogP contribution in [0.4, 0.5) is 10.6 Å². The lowest BCUT2D eigenvalue weighted by molar-refractivity contribution is -0.139. The summed E-state index contributed by atoms with van der Waals surface area (Å²) in [6.45, 7) is 0.210. The number of hydrogen-bond acceptors (Lipinski definition) is 9. The molecule has 2 saturated heterocycles. The minimum atomic E-state index is -1.02. The molecular formula is C33H34N6O7. The van der Waals surface area contributed by atoms with Gasteiger partial charge in [-0.1, -0.05) is 67.4 Å². The van der Waals surface area contributed by atoms with Gasteiger partial charge < -0.3 is 29.4 Å². The van der Waals surface area contributed by atoms with E-state index in [0.29, 0.717) is 16.7 Å². The number of carbonyl (C=O) groups is 2. The van der Waals surface area contributed by atoms with Crippen molar-refractivity contribution in [2.45, 2.75) is 69.2 Å². The molecule has 2 aliphatic heterocycles. The number of aromatic nitrogens is 4. The molecule has 5 atom stereocenters. The van der Waals surface area contributed by atoms with E-state index >= 15 is 0 Å². The largest absolute Gasteiger partial charge is 0.478 e. The highest BCUT2D eigenvalue weighted by molar-refractivity contribution is 5.96. The van der Waals surface area contributed by atoms with Gasteiger partial charge in [-0.2, -0.15) is 0 Å². The Morgan fingerprint density at radius 1 is 0.978 bits per heavy atom. The van der Waals surface area contributed by atoms with E-state index in [-0.39, 0.29) is 36.7 Å². The molecule has 3 N–H and O–H groups in total. The second-order valence-electron chi connectivity index (χ2n) is 11.5. The summed E-state index contributed by atoms with van der Waals surface area (Å²) in [7, 11) is 0. The topological polar surface area (TPSA) is 159 Å². The zero-order valence-corrected chi connectivity index (χ0v) is 24.9. The standard InChI is InChI=1S/C33H34N6O7/c40-32(41)23-13-7-4-10-21(23)16-43-17-24-27-28(46-25(45-27)15-14-20-8-2-1-3-9-20)31(44-24)39-19-36-26-29(34-18-35-30(26)39)38-33(42)37-22-11-5-6-12-22/h1-4,7-10,13-15,18-19,22,24-25,27-28,31H,5-6,11-12,16-17H2,(H,40,41)(H2,34,35,37,38,42)/t24-,25+,27?,28+,31-/m1/s1. The van der Waals surface area contributed by atoms with Gasteiger partial charge in [-0.25, -0.2) is 24.5 Å². The molecule has 3 fully saturated rings. The van der Waals surface area contributed by atoms with E-state index in [4.69, 9.17) is 18.9 Å². The van der Waals surface area contributed by atoms with Gasteiger partial charge in [-0.3, -0.25) is 9.88 Å². The summed E-state index contributed by atoms with van der Waals surface area (Å²) in [6, 6.07) is 16.4. The first kappa shape index (κ1) is 30.0. The Hall–Kier alpha value is -4.69. The average Bonchev–Trinajstić information content (AvgIpc) is 3.87. The number of benzene rings is 2. The summed E-state index contributed by atoms with van der Waals surface area (Å²) in [5, 5.41) is 15.4. The van der Waals surface area contributed by atoms with Crippen LogP contribution in [0.3, 0.4) is 0 Å². The number of fused-ring (bicyclic) bond motifs is 2. The molecule has 1 unspecified atom stereocenters. The minimum Gasteiger partial charge on any atom is -0.478 e. The van der Waals surface area contributed by atoms with Crippen molar-refractivity contribution in [3.8, 4) is 0 Å². The fraction of sp³-hybridized carbons (Fsp3) is 0.364. The van der Waals surface area contributed by atoms with Gasteiger partial charge >= 0.3 is 12.0 Å². The molecule has 13 heteroatoms. The van der Waals surface area contributed by atoms with Crippen molar-refractivity contribution in [3.05, 3.63) is 90.0 Å². The van der Waals surface area contributed by atoms with Gasteiger partial charge in [-0.05, 0) is 36.1 Å². The summed E-state index contributed by atoms with van der Waals surface area (Å²) in [5.41, 5.74) is 2.61. The van der Waals surface area contributed by atoms with Crippen LogP contribution in [0, 0.1) is 0 Å². The number of carbonyl (C=O) groups excluding carboxylic acids is 1. The predicted octanol–water partition coefficient (Wildman–Crippen LogP) is 4.53. The average molecular weight is 627 g/mol. The monoisotopic (exact) mass is 626 g/mol. The molecule has 1 saturated carbocycles. The van der Waals surface area contributed by atoms with Crippen molar-refractivity contribution in [2.75, 3.05) is 11.9 Å². The van der Waals surface area contributed by atoms with E-state index in [1.807, 2.05) is 42.5 Å². The number of hydrogen-bond donors (Lipinski definition) is 3. The van der Waals surface area contributed by atoms with E-state index in [1.54, 1.807) is 35.2 Å². The molecule has 1 aliphatic carbocycles. The van der Waals surface area contributed by atoms with Crippen molar-refractivity contribution in [3.63, 3.8) is 0 Å². The zero-order chi connectivity index (χ0) is 31.5. The van der Waals surface area contributed by atoms with Crippen LogP contribution in [0.15, 0.2) is 73.3 Å². The van der Waals surface area contributed by atoms with Gasteiger partial charge in [0.1, 0.15) is 24.6 Å². The first-order valence-corrected chi connectivity index (χ1v) is 15.4. The van der Waals surface area contributed by atoms with E-state index in [2.05, 4.69) is 25.6 Å². The van der Waals surface area contributed by atoms with Crippen LogP contribution in [0.5, 0.6) is 0 Å². The Kier molecular flexibility index (Phi) is 8.70. The number of carboxylic acids is 1. The first-order chi connectivity index (χ1) is 22.5. The van der Waals surface area contributed by atoms with Gasteiger partial charge in [0.15, 0.2) is 29.5 Å². The third-order valence-corrected chi connectivity index (χ3v) is 8.46. The van der Waals surface area contributed by atoms with Gasteiger partial charge in [0, 0.05) is 6.04 Å². The summed E-state index contributed by atoms with van der Waals surface area (Å²) >= 11 is 0. The number of carboxylic acid groups (broad SMARTS) is 1. The number of rotatable bonds is 10. The molecule has 0 spiro atoms. The maximum Gasteiger partial charge on any atom is 0.336 e. The number of imidazole rings is 1. The van der Waals surface area contributed by atoms with Crippen LogP contribution >= 0.6 is 0 Å². The van der Waals surface area contributed by atoms with Crippen LogP contribution in [-0.2, 0) is 25.6 Å². The van der Waals surface area contributed by atoms with Crippen LogP contribution in [0.25, 0.3) is 17.2 Å². The van der Waals surface area contributed by atoms with Crippen LogP contribution in [0.1, 0.15) is 53.4 Å². The highest BCUT2D eigenvalue weighted by Gasteiger charge is 2.53. The first-order valence-electron chi connectivity index (χ1n) is 15.4. The smallest absolute Gasteiger partial charge is 0.336 e. The Bertz CT molecular complexity index is 1720. The maximum atomic E-state index is 12.7. The third-order valence-electron chi connectivity index (χ3n) is 8.46. The summed E-state index contributed by atoms with van der Waals surface area (Å²) in [4.78, 5) is 37.6. The lowest BCUT2D eigenvalue weighted by Crippen LogP contribution is -2.36. The highest BCUT2D eigenvalue weighted by atomic mass is 16.8. The molecule has 238 valence electrons. The van der Waals surface area contributed by atoms with Crippen LogP contribution < -0.4 is 10.6 Å². The van der Waals surface area contributed by atoms with Crippen molar-refractivity contribution >= 4 is 35.1 Å². The molecule has 4 aromatic rings. The van der Waals surface area contributed by atoms with Crippen molar-refractivity contribution in [1.82, 2.24) is 24.8 Å². The van der Waals surface area contributed by atoms with E-state index in [1.165, 1.54) is 6.33 Å². The molecule has 13 nitrogen and oxygen atoms in total. The molecule has 2 amide bonds. The molecule has 2 aromatic carbocycles.